The molecule has 2 N–H and O–H groups in total. The third-order valence-corrected chi connectivity index (χ3v) is 3.82. The number of aromatic nitrogens is 1. The summed E-state index contributed by atoms with van der Waals surface area (Å²) in [7, 11) is 1.68. The van der Waals surface area contributed by atoms with Crippen molar-refractivity contribution in [2.24, 2.45) is 12.8 Å². The van der Waals surface area contributed by atoms with Crippen molar-refractivity contribution in [3.63, 3.8) is 0 Å². The maximum Gasteiger partial charge on any atom is 0.419 e. The van der Waals surface area contributed by atoms with Gasteiger partial charge in [0.05, 0.1) is 5.52 Å². The van der Waals surface area contributed by atoms with Crippen molar-refractivity contribution >= 4 is 22.7 Å². The number of aryl methyl sites for hydroxylation is 1. The Bertz CT molecular complexity index is 851. The van der Waals surface area contributed by atoms with Crippen molar-refractivity contribution in [1.29, 1.82) is 0 Å². The summed E-state index contributed by atoms with van der Waals surface area (Å²) in [5, 5.41) is 0.698. The molecule has 0 aliphatic carbocycles. The second-order valence-electron chi connectivity index (χ2n) is 5.09. The lowest BCUT2D eigenvalue weighted by Gasteiger charge is -2.12. The molecule has 0 amide bonds. The van der Waals surface area contributed by atoms with Crippen LogP contribution in [-0.2, 0) is 13.5 Å². The van der Waals surface area contributed by atoms with Crippen molar-refractivity contribution in [3.05, 3.63) is 69.2 Å². The van der Waals surface area contributed by atoms with Crippen LogP contribution >= 0.6 is 11.6 Å². The molecule has 0 bridgehead atoms. The van der Waals surface area contributed by atoms with Crippen LogP contribution in [0.3, 0.4) is 0 Å². The van der Waals surface area contributed by atoms with Gasteiger partial charge in [0.15, 0.2) is 5.58 Å². The van der Waals surface area contributed by atoms with Gasteiger partial charge in [0.25, 0.3) is 0 Å². The van der Waals surface area contributed by atoms with Crippen LogP contribution < -0.4 is 11.5 Å². The highest BCUT2D eigenvalue weighted by molar-refractivity contribution is 6.30. The summed E-state index contributed by atoms with van der Waals surface area (Å²) in [5.41, 5.74) is 9.56. The van der Waals surface area contributed by atoms with E-state index in [1.807, 2.05) is 42.5 Å². The quantitative estimate of drug-likeness (QED) is 0.809. The largest absolute Gasteiger partial charge is 0.419 e. The van der Waals surface area contributed by atoms with Crippen molar-refractivity contribution in [1.82, 2.24) is 4.57 Å². The molecule has 4 nitrogen and oxygen atoms in total. The van der Waals surface area contributed by atoms with Crippen molar-refractivity contribution in [3.8, 4) is 0 Å². The number of hydrogen-bond acceptors (Lipinski definition) is 3. The molecule has 3 rings (SSSR count). The minimum absolute atomic E-state index is 0.182. The predicted octanol–water partition coefficient (Wildman–Crippen LogP) is 3.03. The van der Waals surface area contributed by atoms with Crippen molar-refractivity contribution < 1.29 is 4.42 Å². The van der Waals surface area contributed by atoms with E-state index in [-0.39, 0.29) is 11.8 Å². The van der Waals surface area contributed by atoms with E-state index in [2.05, 4.69) is 0 Å². The monoisotopic (exact) mass is 302 g/mol. The summed E-state index contributed by atoms with van der Waals surface area (Å²) in [6.45, 7) is 0. The first kappa shape index (κ1) is 13.9. The molecule has 0 radical (unpaired) electrons. The van der Waals surface area contributed by atoms with Crippen LogP contribution in [0.1, 0.15) is 17.2 Å². The van der Waals surface area contributed by atoms with Crippen molar-refractivity contribution in [2.45, 2.75) is 12.5 Å². The Balaban J connectivity index is 1.91. The molecule has 0 saturated heterocycles. The molecule has 5 heteroatoms. The average Bonchev–Trinajstić information content (AvgIpc) is 2.73. The second-order valence-corrected chi connectivity index (χ2v) is 5.53. The molecule has 21 heavy (non-hydrogen) atoms. The highest BCUT2D eigenvalue weighted by atomic mass is 35.5. The second kappa shape index (κ2) is 5.39. The van der Waals surface area contributed by atoms with Crippen LogP contribution in [0, 0.1) is 0 Å². The fourth-order valence-corrected chi connectivity index (χ4v) is 2.63. The van der Waals surface area contributed by atoms with E-state index in [4.69, 9.17) is 21.8 Å². The Morgan fingerprint density at radius 2 is 2.10 bits per heavy atom. The van der Waals surface area contributed by atoms with Gasteiger partial charge in [-0.05, 0) is 41.8 Å². The highest BCUT2D eigenvalue weighted by Crippen LogP contribution is 2.22. The fraction of sp³-hybridized carbons (Fsp3) is 0.188. The number of nitrogens with two attached hydrogens (primary N) is 1. The summed E-state index contributed by atoms with van der Waals surface area (Å²) in [4.78, 5) is 11.5. The van der Waals surface area contributed by atoms with E-state index in [9.17, 15) is 4.79 Å². The predicted molar refractivity (Wildman–Crippen MR) is 83.5 cm³/mol. The maximum atomic E-state index is 11.5. The fourth-order valence-electron chi connectivity index (χ4n) is 2.42. The molecule has 1 unspecified atom stereocenters. The van der Waals surface area contributed by atoms with Crippen LogP contribution in [0.4, 0.5) is 0 Å². The van der Waals surface area contributed by atoms with Crippen LogP contribution in [0.2, 0.25) is 5.02 Å². The Kier molecular flexibility index (Phi) is 3.57. The Hall–Kier alpha value is -2.04. The Morgan fingerprint density at radius 3 is 2.86 bits per heavy atom. The zero-order valence-electron chi connectivity index (χ0n) is 11.5. The zero-order valence-corrected chi connectivity index (χ0v) is 12.3. The van der Waals surface area contributed by atoms with E-state index >= 15 is 0 Å². The van der Waals surface area contributed by atoms with E-state index in [0.29, 0.717) is 17.0 Å². The van der Waals surface area contributed by atoms with Crippen molar-refractivity contribution in [2.75, 3.05) is 0 Å². The lowest BCUT2D eigenvalue weighted by atomic mass is 9.99. The third kappa shape index (κ3) is 2.73. The SMILES string of the molecule is Cn1c(=O)oc2cc(C(N)Cc3cccc(Cl)c3)ccc21. The molecule has 0 fully saturated rings. The Morgan fingerprint density at radius 1 is 1.29 bits per heavy atom. The van der Waals surface area contributed by atoms with E-state index in [0.717, 1.165) is 16.6 Å². The first-order valence-electron chi connectivity index (χ1n) is 6.64. The molecule has 1 aromatic heterocycles. The van der Waals surface area contributed by atoms with Gasteiger partial charge < -0.3 is 10.2 Å². The summed E-state index contributed by atoms with van der Waals surface area (Å²) >= 11 is 5.98. The average molecular weight is 303 g/mol. The summed E-state index contributed by atoms with van der Waals surface area (Å²) in [6, 6.07) is 13.1. The molecular weight excluding hydrogens is 288 g/mol. The van der Waals surface area contributed by atoms with Crippen LogP contribution in [0.15, 0.2) is 51.7 Å². The van der Waals surface area contributed by atoms with Gasteiger partial charge in [0.2, 0.25) is 0 Å². The molecule has 0 aliphatic heterocycles. The number of halogens is 1. The minimum atomic E-state index is -0.370. The molecular formula is C16H15ClN2O2. The molecule has 2 aromatic carbocycles. The van der Waals surface area contributed by atoms with E-state index in [1.165, 1.54) is 4.57 Å². The van der Waals surface area contributed by atoms with Gasteiger partial charge in [-0.1, -0.05) is 29.8 Å². The van der Waals surface area contributed by atoms with Crippen LogP contribution in [-0.4, -0.2) is 4.57 Å². The van der Waals surface area contributed by atoms with Gasteiger partial charge in [-0.2, -0.15) is 0 Å². The van der Waals surface area contributed by atoms with Crippen LogP contribution in [0.25, 0.3) is 11.1 Å². The maximum absolute atomic E-state index is 11.5. The molecule has 0 saturated carbocycles. The third-order valence-electron chi connectivity index (χ3n) is 3.59. The zero-order chi connectivity index (χ0) is 15.0. The number of hydrogen-bond donors (Lipinski definition) is 1. The normalized spacial score (nSPS) is 12.7. The minimum Gasteiger partial charge on any atom is -0.408 e. The van der Waals surface area contributed by atoms with E-state index < -0.39 is 0 Å². The Labute approximate surface area is 126 Å². The lowest BCUT2D eigenvalue weighted by Crippen LogP contribution is -2.13. The molecule has 3 aromatic rings. The number of benzene rings is 2. The number of nitrogens with zero attached hydrogens (tertiary/aromatic N) is 1. The molecule has 0 aliphatic rings. The molecule has 0 spiro atoms. The van der Waals surface area contributed by atoms with Crippen LogP contribution in [0.5, 0.6) is 0 Å². The van der Waals surface area contributed by atoms with Gasteiger partial charge in [-0.3, -0.25) is 4.57 Å². The first-order valence-corrected chi connectivity index (χ1v) is 7.02. The smallest absolute Gasteiger partial charge is 0.408 e. The first-order chi connectivity index (χ1) is 10.0. The van der Waals surface area contributed by atoms with Gasteiger partial charge in [-0.25, -0.2) is 4.79 Å². The number of fused-ring (bicyclic) bond motifs is 1. The standard InChI is InChI=1S/C16H15ClN2O2/c1-19-14-6-5-11(9-15(14)21-16(19)20)13(18)8-10-3-2-4-12(17)7-10/h2-7,9,13H,8,18H2,1H3. The number of rotatable bonds is 3. The van der Waals surface area contributed by atoms with Gasteiger partial charge in [-0.15, -0.1) is 0 Å². The molecule has 108 valence electrons. The summed E-state index contributed by atoms with van der Waals surface area (Å²) in [5.74, 6) is -0.370. The molecule has 1 atom stereocenters. The van der Waals surface area contributed by atoms with Gasteiger partial charge in [0.1, 0.15) is 0 Å². The summed E-state index contributed by atoms with van der Waals surface area (Å²) < 4.78 is 6.66. The molecule has 1 heterocycles. The van der Waals surface area contributed by atoms with Gasteiger partial charge in [0, 0.05) is 18.1 Å². The van der Waals surface area contributed by atoms with Gasteiger partial charge >= 0.3 is 5.76 Å². The lowest BCUT2D eigenvalue weighted by molar-refractivity contribution is 0.527. The number of oxazole rings is 1. The topological polar surface area (TPSA) is 61.2 Å². The summed E-state index contributed by atoms with van der Waals surface area (Å²) in [6.07, 6.45) is 0.670. The van der Waals surface area contributed by atoms with E-state index in [1.54, 1.807) is 7.05 Å². The highest BCUT2D eigenvalue weighted by Gasteiger charge is 2.11.